The van der Waals surface area contributed by atoms with Crippen LogP contribution in [-0.2, 0) is 12.8 Å². The maximum Gasteiger partial charge on any atom is -0.00137 e. The van der Waals surface area contributed by atoms with Crippen molar-refractivity contribution in [3.05, 3.63) is 95.1 Å². The lowest BCUT2D eigenvalue weighted by atomic mass is 9.82. The molecule has 0 radical (unpaired) electrons. The van der Waals surface area contributed by atoms with E-state index in [0.717, 1.165) is 12.8 Å². The highest BCUT2D eigenvalue weighted by Crippen LogP contribution is 2.34. The predicted molar refractivity (Wildman–Crippen MR) is 93.5 cm³/mol. The van der Waals surface area contributed by atoms with Crippen LogP contribution in [0.2, 0.25) is 0 Å². The SMILES string of the molecule is c1ccc2cc3c(cc2c1)Cc1ccc2ccccc2c1C3. The molecule has 4 aromatic carbocycles. The number of hydrogen-bond acceptors (Lipinski definition) is 0. The number of rotatable bonds is 0. The minimum atomic E-state index is 1.05. The molecule has 1 aliphatic carbocycles. The van der Waals surface area contributed by atoms with Crippen LogP contribution in [0, 0.1) is 0 Å². The zero-order chi connectivity index (χ0) is 14.5. The molecule has 22 heavy (non-hydrogen) atoms. The fraction of sp³-hybridized carbons (Fsp3) is 0.0909. The highest BCUT2D eigenvalue weighted by Gasteiger charge is 2.17. The molecule has 1 aliphatic rings. The Balaban J connectivity index is 1.75. The molecule has 0 bridgehead atoms. The van der Waals surface area contributed by atoms with Crippen molar-refractivity contribution in [2.45, 2.75) is 12.8 Å². The van der Waals surface area contributed by atoms with E-state index in [2.05, 4.69) is 72.8 Å². The van der Waals surface area contributed by atoms with Gasteiger partial charge in [0.25, 0.3) is 0 Å². The number of fused-ring (bicyclic) bond motifs is 5. The van der Waals surface area contributed by atoms with Crippen LogP contribution in [0.4, 0.5) is 0 Å². The van der Waals surface area contributed by atoms with Crippen LogP contribution >= 0.6 is 0 Å². The third-order valence-electron chi connectivity index (χ3n) is 4.95. The molecule has 104 valence electrons. The highest BCUT2D eigenvalue weighted by molar-refractivity contribution is 5.89. The topological polar surface area (TPSA) is 0 Å². The first-order valence-electron chi connectivity index (χ1n) is 7.88. The zero-order valence-corrected chi connectivity index (χ0v) is 12.3. The molecule has 0 amide bonds. The second kappa shape index (κ2) is 4.45. The van der Waals surface area contributed by atoms with E-state index in [4.69, 9.17) is 0 Å². The maximum absolute atomic E-state index is 2.38. The molecular formula is C22H16. The van der Waals surface area contributed by atoms with Crippen molar-refractivity contribution < 1.29 is 0 Å². The molecule has 0 N–H and O–H groups in total. The van der Waals surface area contributed by atoms with Crippen molar-refractivity contribution in [3.63, 3.8) is 0 Å². The zero-order valence-electron chi connectivity index (χ0n) is 12.3. The van der Waals surface area contributed by atoms with Crippen molar-refractivity contribution in [1.82, 2.24) is 0 Å². The average Bonchev–Trinajstić information content (AvgIpc) is 2.58. The molecular weight excluding hydrogens is 264 g/mol. The fourth-order valence-corrected chi connectivity index (χ4v) is 3.81. The summed E-state index contributed by atoms with van der Waals surface area (Å²) in [6, 6.07) is 26.8. The van der Waals surface area contributed by atoms with E-state index >= 15 is 0 Å². The normalized spacial score (nSPS) is 13.1. The van der Waals surface area contributed by atoms with E-state index in [1.165, 1.54) is 43.8 Å². The summed E-state index contributed by atoms with van der Waals surface area (Å²) in [6.07, 6.45) is 2.11. The van der Waals surface area contributed by atoms with Gasteiger partial charge >= 0.3 is 0 Å². The Morgan fingerprint density at radius 1 is 0.500 bits per heavy atom. The largest absolute Gasteiger partial charge is 0.0616 e. The van der Waals surface area contributed by atoms with Crippen molar-refractivity contribution in [2.75, 3.05) is 0 Å². The Morgan fingerprint density at radius 2 is 1.14 bits per heavy atom. The molecule has 0 saturated carbocycles. The van der Waals surface area contributed by atoms with Crippen LogP contribution in [0.1, 0.15) is 22.3 Å². The monoisotopic (exact) mass is 280 g/mol. The molecule has 0 atom stereocenters. The molecule has 0 aliphatic heterocycles. The first kappa shape index (κ1) is 12.0. The molecule has 0 heteroatoms. The van der Waals surface area contributed by atoms with Crippen molar-refractivity contribution >= 4 is 21.5 Å². The summed E-state index contributed by atoms with van der Waals surface area (Å²) in [5, 5.41) is 5.47. The lowest BCUT2D eigenvalue weighted by Gasteiger charge is -2.22. The first-order chi connectivity index (χ1) is 10.9. The first-order valence-corrected chi connectivity index (χ1v) is 7.88. The van der Waals surface area contributed by atoms with Gasteiger partial charge in [-0.1, -0.05) is 72.8 Å². The van der Waals surface area contributed by atoms with E-state index < -0.39 is 0 Å². The van der Waals surface area contributed by atoms with Gasteiger partial charge in [-0.15, -0.1) is 0 Å². The van der Waals surface area contributed by atoms with Gasteiger partial charge in [-0.05, 0) is 56.6 Å². The fourth-order valence-electron chi connectivity index (χ4n) is 3.81. The Labute approximate surface area is 130 Å². The molecule has 0 saturated heterocycles. The Hall–Kier alpha value is -2.60. The Bertz CT molecular complexity index is 1020. The van der Waals surface area contributed by atoms with E-state index in [9.17, 15) is 0 Å². The van der Waals surface area contributed by atoms with Gasteiger partial charge in [0.05, 0.1) is 0 Å². The molecule has 0 heterocycles. The van der Waals surface area contributed by atoms with Gasteiger partial charge in [-0.25, -0.2) is 0 Å². The maximum atomic E-state index is 2.38. The van der Waals surface area contributed by atoms with Crippen molar-refractivity contribution in [2.24, 2.45) is 0 Å². The summed E-state index contributed by atoms with van der Waals surface area (Å²) in [5.41, 5.74) is 5.98. The van der Waals surface area contributed by atoms with Gasteiger partial charge in [-0.3, -0.25) is 0 Å². The van der Waals surface area contributed by atoms with Crippen LogP contribution in [0.25, 0.3) is 21.5 Å². The second-order valence-corrected chi connectivity index (χ2v) is 6.25. The van der Waals surface area contributed by atoms with Crippen LogP contribution in [0.5, 0.6) is 0 Å². The molecule has 5 rings (SSSR count). The molecule has 0 aromatic heterocycles. The van der Waals surface area contributed by atoms with Crippen LogP contribution in [0.15, 0.2) is 72.8 Å². The van der Waals surface area contributed by atoms with Gasteiger partial charge in [0.2, 0.25) is 0 Å². The van der Waals surface area contributed by atoms with E-state index in [1.807, 2.05) is 0 Å². The van der Waals surface area contributed by atoms with Crippen molar-refractivity contribution in [3.8, 4) is 0 Å². The third kappa shape index (κ3) is 1.70. The summed E-state index contributed by atoms with van der Waals surface area (Å²) < 4.78 is 0. The second-order valence-electron chi connectivity index (χ2n) is 6.25. The lowest BCUT2D eigenvalue weighted by molar-refractivity contribution is 1.02. The van der Waals surface area contributed by atoms with Gasteiger partial charge in [0.15, 0.2) is 0 Å². The number of benzene rings is 4. The average molecular weight is 280 g/mol. The van der Waals surface area contributed by atoms with E-state index in [1.54, 1.807) is 0 Å². The lowest BCUT2D eigenvalue weighted by Crippen LogP contribution is -2.08. The Morgan fingerprint density at radius 3 is 1.91 bits per heavy atom. The van der Waals surface area contributed by atoms with Crippen molar-refractivity contribution in [1.29, 1.82) is 0 Å². The summed E-state index contributed by atoms with van der Waals surface area (Å²) in [4.78, 5) is 0. The third-order valence-corrected chi connectivity index (χ3v) is 4.95. The molecule has 4 aromatic rings. The Kier molecular flexibility index (Phi) is 2.42. The van der Waals surface area contributed by atoms with Crippen LogP contribution < -0.4 is 0 Å². The summed E-state index contributed by atoms with van der Waals surface area (Å²) in [6.45, 7) is 0. The molecule has 0 fully saturated rings. The smallest absolute Gasteiger partial charge is 0.00137 e. The van der Waals surface area contributed by atoms with Gasteiger partial charge in [-0.2, -0.15) is 0 Å². The minimum Gasteiger partial charge on any atom is -0.0616 e. The highest BCUT2D eigenvalue weighted by atomic mass is 14.2. The predicted octanol–water partition coefficient (Wildman–Crippen LogP) is 5.49. The molecule has 0 spiro atoms. The molecule has 0 nitrogen and oxygen atoms in total. The molecule has 0 unspecified atom stereocenters. The minimum absolute atomic E-state index is 1.05. The van der Waals surface area contributed by atoms with Gasteiger partial charge in [0.1, 0.15) is 0 Å². The number of hydrogen-bond donors (Lipinski definition) is 0. The standard InChI is InChI=1S/C22H16/c1-2-7-17-12-20-14-22-18(13-19(20)11-16(17)6-1)10-9-15-5-3-4-8-21(15)22/h1-12H,13-14H2. The van der Waals surface area contributed by atoms with E-state index in [0.29, 0.717) is 0 Å². The van der Waals surface area contributed by atoms with Crippen LogP contribution in [-0.4, -0.2) is 0 Å². The van der Waals surface area contributed by atoms with E-state index in [-0.39, 0.29) is 0 Å². The summed E-state index contributed by atoms with van der Waals surface area (Å²) in [7, 11) is 0. The van der Waals surface area contributed by atoms with Gasteiger partial charge in [0, 0.05) is 0 Å². The van der Waals surface area contributed by atoms with Crippen LogP contribution in [0.3, 0.4) is 0 Å². The van der Waals surface area contributed by atoms with Gasteiger partial charge < -0.3 is 0 Å². The summed E-state index contributed by atoms with van der Waals surface area (Å²) in [5.74, 6) is 0. The summed E-state index contributed by atoms with van der Waals surface area (Å²) >= 11 is 0. The quantitative estimate of drug-likeness (QED) is 0.352.